The van der Waals surface area contributed by atoms with Crippen molar-refractivity contribution in [2.75, 3.05) is 30.4 Å². The third kappa shape index (κ3) is 3.69. The third-order valence-corrected chi connectivity index (χ3v) is 3.28. The van der Waals surface area contributed by atoms with Crippen LogP contribution >= 0.6 is 0 Å². The molecule has 2 aromatic rings. The topological polar surface area (TPSA) is 59.6 Å². The maximum Gasteiger partial charge on any atom is 0.226 e. The Morgan fingerprint density at radius 1 is 0.955 bits per heavy atom. The van der Waals surface area contributed by atoms with Crippen molar-refractivity contribution in [2.24, 2.45) is 0 Å². The number of ether oxygens (including phenoxy) is 2. The number of hydrogen-bond acceptors (Lipinski definition) is 4. The van der Waals surface area contributed by atoms with Crippen molar-refractivity contribution >= 4 is 17.3 Å². The van der Waals surface area contributed by atoms with Crippen LogP contribution in [-0.4, -0.2) is 25.7 Å². The highest BCUT2D eigenvalue weighted by atomic mass is 16.6. The molecule has 0 atom stereocenters. The monoisotopic (exact) mass is 298 g/mol. The molecule has 5 nitrogen and oxygen atoms in total. The largest absolute Gasteiger partial charge is 0.486 e. The van der Waals surface area contributed by atoms with Crippen LogP contribution in [-0.2, 0) is 4.79 Å². The number of carbonyl (C=O) groups excluding carboxylic acids is 1. The summed E-state index contributed by atoms with van der Waals surface area (Å²) in [5.41, 5.74) is 1.73. The van der Waals surface area contributed by atoms with Gasteiger partial charge in [-0.2, -0.15) is 0 Å². The van der Waals surface area contributed by atoms with Crippen molar-refractivity contribution in [3.63, 3.8) is 0 Å². The number of nitrogens with one attached hydrogen (secondary N) is 2. The fraction of sp³-hybridized carbons (Fsp3) is 0.235. The summed E-state index contributed by atoms with van der Waals surface area (Å²) in [6, 6.07) is 15.1. The van der Waals surface area contributed by atoms with Crippen molar-refractivity contribution < 1.29 is 14.3 Å². The van der Waals surface area contributed by atoms with Gasteiger partial charge in [0.2, 0.25) is 5.91 Å². The second kappa shape index (κ2) is 6.85. The van der Waals surface area contributed by atoms with E-state index in [1.165, 1.54) is 0 Å². The molecule has 2 N–H and O–H groups in total. The van der Waals surface area contributed by atoms with Crippen LogP contribution in [0.25, 0.3) is 0 Å². The number of benzene rings is 2. The molecular weight excluding hydrogens is 280 g/mol. The van der Waals surface area contributed by atoms with Gasteiger partial charge < -0.3 is 20.1 Å². The fourth-order valence-electron chi connectivity index (χ4n) is 2.22. The van der Waals surface area contributed by atoms with E-state index in [4.69, 9.17) is 9.47 Å². The summed E-state index contributed by atoms with van der Waals surface area (Å²) < 4.78 is 11.0. The predicted octanol–water partition coefficient (Wildman–Crippen LogP) is 2.90. The molecule has 0 radical (unpaired) electrons. The molecule has 0 saturated carbocycles. The van der Waals surface area contributed by atoms with Crippen LogP contribution in [0.2, 0.25) is 0 Å². The lowest BCUT2D eigenvalue weighted by Crippen LogP contribution is -2.17. The minimum Gasteiger partial charge on any atom is -0.486 e. The number of fused-ring (bicyclic) bond motifs is 1. The van der Waals surface area contributed by atoms with E-state index in [2.05, 4.69) is 10.6 Å². The zero-order chi connectivity index (χ0) is 15.2. The standard InChI is InChI=1S/C17H18N2O3/c20-17(19-13-4-2-1-3-5-13)8-9-18-14-6-7-15-16(12-14)22-11-10-21-15/h1-7,12,18H,8-11H2,(H,19,20). The Kier molecular flexibility index (Phi) is 4.44. The minimum atomic E-state index is -0.0174. The Morgan fingerprint density at radius 3 is 2.55 bits per heavy atom. The molecule has 1 amide bonds. The summed E-state index contributed by atoms with van der Waals surface area (Å²) >= 11 is 0. The van der Waals surface area contributed by atoms with Crippen LogP contribution in [0.1, 0.15) is 6.42 Å². The number of rotatable bonds is 5. The number of hydrogen-bond donors (Lipinski definition) is 2. The van der Waals surface area contributed by atoms with Gasteiger partial charge in [-0.1, -0.05) is 18.2 Å². The fourth-order valence-corrected chi connectivity index (χ4v) is 2.22. The first-order chi connectivity index (χ1) is 10.8. The van der Waals surface area contributed by atoms with E-state index < -0.39 is 0 Å². The molecule has 1 heterocycles. The smallest absolute Gasteiger partial charge is 0.226 e. The lowest BCUT2D eigenvalue weighted by molar-refractivity contribution is -0.115. The van der Waals surface area contributed by atoms with E-state index in [9.17, 15) is 4.79 Å². The number of amides is 1. The molecule has 1 aliphatic rings. The maximum atomic E-state index is 11.8. The van der Waals surface area contributed by atoms with Crippen LogP contribution in [0.15, 0.2) is 48.5 Å². The van der Waals surface area contributed by atoms with E-state index in [1.54, 1.807) is 0 Å². The summed E-state index contributed by atoms with van der Waals surface area (Å²) in [5.74, 6) is 1.49. The molecule has 0 unspecified atom stereocenters. The zero-order valence-corrected chi connectivity index (χ0v) is 12.2. The molecule has 0 bridgehead atoms. The molecule has 5 heteroatoms. The second-order valence-electron chi connectivity index (χ2n) is 4.95. The lowest BCUT2D eigenvalue weighted by atomic mass is 10.2. The quantitative estimate of drug-likeness (QED) is 0.891. The van der Waals surface area contributed by atoms with Gasteiger partial charge in [-0.15, -0.1) is 0 Å². The average molecular weight is 298 g/mol. The van der Waals surface area contributed by atoms with Gasteiger partial charge in [-0.05, 0) is 24.3 Å². The van der Waals surface area contributed by atoms with Gasteiger partial charge in [0.25, 0.3) is 0 Å². The highest BCUT2D eigenvalue weighted by molar-refractivity contribution is 5.90. The molecule has 0 saturated heterocycles. The van der Waals surface area contributed by atoms with Crippen molar-refractivity contribution in [1.82, 2.24) is 0 Å². The van der Waals surface area contributed by atoms with Crippen LogP contribution < -0.4 is 20.1 Å². The average Bonchev–Trinajstić information content (AvgIpc) is 2.55. The van der Waals surface area contributed by atoms with Crippen LogP contribution in [0.3, 0.4) is 0 Å². The number of anilines is 2. The minimum absolute atomic E-state index is 0.0174. The Hall–Kier alpha value is -2.69. The summed E-state index contributed by atoms with van der Waals surface area (Å²) in [6.07, 6.45) is 0.392. The maximum absolute atomic E-state index is 11.8. The molecule has 1 aliphatic heterocycles. The van der Waals surface area contributed by atoms with Crippen LogP contribution in [0.5, 0.6) is 11.5 Å². The lowest BCUT2D eigenvalue weighted by Gasteiger charge is -2.19. The Labute approximate surface area is 129 Å². The second-order valence-corrected chi connectivity index (χ2v) is 4.95. The van der Waals surface area contributed by atoms with E-state index in [1.807, 2.05) is 48.5 Å². The van der Waals surface area contributed by atoms with Gasteiger partial charge in [0.05, 0.1) is 0 Å². The first-order valence-electron chi connectivity index (χ1n) is 7.30. The van der Waals surface area contributed by atoms with E-state index in [0.717, 1.165) is 22.9 Å². The van der Waals surface area contributed by atoms with Crippen LogP contribution in [0.4, 0.5) is 11.4 Å². The molecule has 0 aliphatic carbocycles. The zero-order valence-electron chi connectivity index (χ0n) is 12.2. The molecule has 3 rings (SSSR count). The molecular formula is C17H18N2O3. The Balaban J connectivity index is 1.47. The Bertz CT molecular complexity index is 644. The molecule has 0 aromatic heterocycles. The van der Waals surface area contributed by atoms with Gasteiger partial charge in [0.1, 0.15) is 13.2 Å². The predicted molar refractivity (Wildman–Crippen MR) is 85.6 cm³/mol. The SMILES string of the molecule is O=C(CCNc1ccc2c(c1)OCCO2)Nc1ccccc1. The summed E-state index contributed by atoms with van der Waals surface area (Å²) in [6.45, 7) is 1.70. The van der Waals surface area contributed by atoms with Crippen molar-refractivity contribution in [3.8, 4) is 11.5 Å². The molecule has 2 aromatic carbocycles. The van der Waals surface area contributed by atoms with Gasteiger partial charge in [-0.3, -0.25) is 4.79 Å². The van der Waals surface area contributed by atoms with Gasteiger partial charge in [-0.25, -0.2) is 0 Å². The highest BCUT2D eigenvalue weighted by Crippen LogP contribution is 2.32. The molecule has 0 fully saturated rings. The van der Waals surface area contributed by atoms with Crippen molar-refractivity contribution in [2.45, 2.75) is 6.42 Å². The molecule has 114 valence electrons. The first-order valence-corrected chi connectivity index (χ1v) is 7.30. The van der Waals surface area contributed by atoms with E-state index >= 15 is 0 Å². The van der Waals surface area contributed by atoms with E-state index in [-0.39, 0.29) is 5.91 Å². The third-order valence-electron chi connectivity index (χ3n) is 3.28. The molecule has 0 spiro atoms. The van der Waals surface area contributed by atoms with Gasteiger partial charge in [0.15, 0.2) is 11.5 Å². The number of carbonyl (C=O) groups is 1. The van der Waals surface area contributed by atoms with Gasteiger partial charge >= 0.3 is 0 Å². The van der Waals surface area contributed by atoms with Crippen molar-refractivity contribution in [3.05, 3.63) is 48.5 Å². The molecule has 22 heavy (non-hydrogen) atoms. The summed E-state index contributed by atoms with van der Waals surface area (Å²) in [5, 5.41) is 6.07. The van der Waals surface area contributed by atoms with Crippen molar-refractivity contribution in [1.29, 1.82) is 0 Å². The first kappa shape index (κ1) is 14.3. The van der Waals surface area contributed by atoms with Gasteiger partial charge in [0, 0.05) is 30.4 Å². The Morgan fingerprint density at radius 2 is 1.73 bits per heavy atom. The number of para-hydroxylation sites is 1. The summed E-state index contributed by atoms with van der Waals surface area (Å²) in [4.78, 5) is 11.8. The van der Waals surface area contributed by atoms with E-state index in [0.29, 0.717) is 26.2 Å². The normalized spacial score (nSPS) is 12.5. The highest BCUT2D eigenvalue weighted by Gasteiger charge is 2.11. The van der Waals surface area contributed by atoms with Crippen LogP contribution in [0, 0.1) is 0 Å². The summed E-state index contributed by atoms with van der Waals surface area (Å²) in [7, 11) is 0.